The molecule has 1 aliphatic rings. The van der Waals surface area contributed by atoms with Crippen molar-refractivity contribution < 1.29 is 22.5 Å². The van der Waals surface area contributed by atoms with Crippen molar-refractivity contribution in [3.8, 4) is 0 Å². The highest BCUT2D eigenvalue weighted by atomic mass is 32.2. The largest absolute Gasteiger partial charge is 0.336 e. The van der Waals surface area contributed by atoms with Crippen molar-refractivity contribution >= 4 is 21.6 Å². The second kappa shape index (κ2) is 7.88. The molecule has 1 saturated heterocycles. The lowest BCUT2D eigenvalue weighted by atomic mass is 10.1. The van der Waals surface area contributed by atoms with E-state index in [1.54, 1.807) is 13.8 Å². The predicted octanol–water partition coefficient (Wildman–Crippen LogP) is 2.50. The molecular formula is C19H20FN3O5S. The number of amides is 1. The third-order valence-electron chi connectivity index (χ3n) is 4.96. The number of nitro groups is 1. The van der Waals surface area contributed by atoms with Crippen LogP contribution in [0, 0.1) is 29.8 Å². The van der Waals surface area contributed by atoms with Crippen LogP contribution in [0.2, 0.25) is 0 Å². The van der Waals surface area contributed by atoms with Crippen LogP contribution in [0.1, 0.15) is 21.5 Å². The van der Waals surface area contributed by atoms with Crippen LogP contribution >= 0.6 is 0 Å². The second-order valence-electron chi connectivity index (χ2n) is 6.86. The van der Waals surface area contributed by atoms with Crippen LogP contribution in [0.4, 0.5) is 10.1 Å². The van der Waals surface area contributed by atoms with E-state index in [1.807, 2.05) is 0 Å². The molecule has 3 rings (SSSR count). The molecule has 1 aliphatic heterocycles. The number of carbonyl (C=O) groups is 1. The third kappa shape index (κ3) is 4.13. The second-order valence-corrected chi connectivity index (χ2v) is 8.77. The number of rotatable bonds is 4. The Morgan fingerprint density at radius 1 is 1.03 bits per heavy atom. The van der Waals surface area contributed by atoms with Crippen molar-refractivity contribution in [2.24, 2.45) is 0 Å². The lowest BCUT2D eigenvalue weighted by molar-refractivity contribution is -0.385. The zero-order chi connectivity index (χ0) is 21.3. The lowest BCUT2D eigenvalue weighted by Gasteiger charge is -2.34. The Morgan fingerprint density at radius 2 is 1.66 bits per heavy atom. The molecule has 1 fully saturated rings. The minimum atomic E-state index is -3.95. The van der Waals surface area contributed by atoms with E-state index in [9.17, 15) is 27.7 Å². The van der Waals surface area contributed by atoms with Gasteiger partial charge in [0.15, 0.2) is 0 Å². The molecule has 8 nitrogen and oxygen atoms in total. The van der Waals surface area contributed by atoms with Crippen LogP contribution in [0.3, 0.4) is 0 Å². The van der Waals surface area contributed by atoms with Crippen LogP contribution < -0.4 is 0 Å². The first-order valence-electron chi connectivity index (χ1n) is 8.92. The molecule has 1 amide bonds. The minimum absolute atomic E-state index is 0.0462. The number of hydrogen-bond acceptors (Lipinski definition) is 5. The Labute approximate surface area is 167 Å². The zero-order valence-corrected chi connectivity index (χ0v) is 16.8. The summed E-state index contributed by atoms with van der Waals surface area (Å²) in [5.74, 6) is -0.869. The van der Waals surface area contributed by atoms with E-state index < -0.39 is 20.8 Å². The van der Waals surface area contributed by atoms with Gasteiger partial charge in [-0.2, -0.15) is 4.31 Å². The molecular weight excluding hydrogens is 401 g/mol. The molecule has 29 heavy (non-hydrogen) atoms. The smallest absolute Gasteiger partial charge is 0.270 e. The van der Waals surface area contributed by atoms with Crippen molar-refractivity contribution in [3.05, 3.63) is 69.0 Å². The maximum absolute atomic E-state index is 13.5. The van der Waals surface area contributed by atoms with Crippen LogP contribution in [0.5, 0.6) is 0 Å². The van der Waals surface area contributed by atoms with E-state index in [4.69, 9.17) is 0 Å². The Bertz CT molecular complexity index is 1080. The van der Waals surface area contributed by atoms with E-state index in [-0.39, 0.29) is 48.2 Å². The van der Waals surface area contributed by atoms with Crippen molar-refractivity contribution in [3.63, 3.8) is 0 Å². The van der Waals surface area contributed by atoms with Crippen LogP contribution in [-0.4, -0.2) is 54.6 Å². The molecule has 0 unspecified atom stereocenters. The molecule has 0 atom stereocenters. The van der Waals surface area contributed by atoms with Gasteiger partial charge in [-0.15, -0.1) is 0 Å². The molecule has 0 spiro atoms. The van der Waals surface area contributed by atoms with E-state index >= 15 is 0 Å². The van der Waals surface area contributed by atoms with E-state index in [2.05, 4.69) is 0 Å². The molecule has 0 radical (unpaired) electrons. The Kier molecular flexibility index (Phi) is 5.67. The summed E-state index contributed by atoms with van der Waals surface area (Å²) in [6.07, 6.45) is 0. The molecule has 0 saturated carbocycles. The molecule has 0 aliphatic carbocycles. The van der Waals surface area contributed by atoms with Gasteiger partial charge < -0.3 is 4.90 Å². The van der Waals surface area contributed by atoms with E-state index in [0.29, 0.717) is 11.1 Å². The number of benzene rings is 2. The van der Waals surface area contributed by atoms with Crippen LogP contribution in [0.15, 0.2) is 41.3 Å². The lowest BCUT2D eigenvalue weighted by Crippen LogP contribution is -2.50. The van der Waals surface area contributed by atoms with Gasteiger partial charge in [0.05, 0.1) is 9.82 Å². The van der Waals surface area contributed by atoms with Gasteiger partial charge in [-0.05, 0) is 37.1 Å². The van der Waals surface area contributed by atoms with E-state index in [0.717, 1.165) is 6.07 Å². The topological polar surface area (TPSA) is 101 Å². The van der Waals surface area contributed by atoms with Crippen molar-refractivity contribution in [2.75, 3.05) is 26.2 Å². The number of nitro benzene ring substituents is 1. The van der Waals surface area contributed by atoms with Crippen LogP contribution in [-0.2, 0) is 10.0 Å². The highest BCUT2D eigenvalue weighted by molar-refractivity contribution is 7.89. The maximum atomic E-state index is 13.5. The first kappa shape index (κ1) is 20.9. The normalized spacial score (nSPS) is 15.3. The number of hydrogen-bond donors (Lipinski definition) is 0. The summed E-state index contributed by atoms with van der Waals surface area (Å²) in [5.41, 5.74) is 0.989. The molecule has 2 aromatic carbocycles. The predicted molar refractivity (Wildman–Crippen MR) is 104 cm³/mol. The van der Waals surface area contributed by atoms with Gasteiger partial charge >= 0.3 is 0 Å². The van der Waals surface area contributed by atoms with Gasteiger partial charge in [0, 0.05) is 43.9 Å². The average molecular weight is 421 g/mol. The van der Waals surface area contributed by atoms with Crippen molar-refractivity contribution in [1.29, 1.82) is 0 Å². The summed E-state index contributed by atoms with van der Waals surface area (Å²) in [6, 6.07) is 7.68. The molecule has 2 aromatic rings. The summed E-state index contributed by atoms with van der Waals surface area (Å²) in [6.45, 7) is 3.65. The van der Waals surface area contributed by atoms with E-state index in [1.165, 1.54) is 39.5 Å². The number of halogens is 1. The van der Waals surface area contributed by atoms with Gasteiger partial charge in [-0.25, -0.2) is 12.8 Å². The third-order valence-corrected chi connectivity index (χ3v) is 7.00. The summed E-state index contributed by atoms with van der Waals surface area (Å²) >= 11 is 0. The van der Waals surface area contributed by atoms with Gasteiger partial charge in [0.1, 0.15) is 5.82 Å². The summed E-state index contributed by atoms with van der Waals surface area (Å²) in [7, 11) is -3.95. The molecule has 1 heterocycles. The molecule has 0 N–H and O–H groups in total. The van der Waals surface area contributed by atoms with Gasteiger partial charge in [0.2, 0.25) is 10.0 Å². The fourth-order valence-electron chi connectivity index (χ4n) is 3.25. The Morgan fingerprint density at radius 3 is 2.28 bits per heavy atom. The number of piperazine rings is 1. The number of nitrogens with zero attached hydrogens (tertiary/aromatic N) is 3. The highest BCUT2D eigenvalue weighted by Gasteiger charge is 2.32. The average Bonchev–Trinajstić information content (AvgIpc) is 2.69. The quantitative estimate of drug-likeness (QED) is 0.558. The molecule has 0 bridgehead atoms. The first-order valence-corrected chi connectivity index (χ1v) is 10.4. The number of aryl methyl sites for hydroxylation is 2. The minimum Gasteiger partial charge on any atom is -0.336 e. The Balaban J connectivity index is 1.78. The molecule has 10 heteroatoms. The fraction of sp³-hybridized carbons (Fsp3) is 0.316. The van der Waals surface area contributed by atoms with Gasteiger partial charge in [0.25, 0.3) is 11.6 Å². The number of sulfonamides is 1. The highest BCUT2D eigenvalue weighted by Crippen LogP contribution is 2.26. The maximum Gasteiger partial charge on any atom is 0.270 e. The number of non-ortho nitro benzene ring substituents is 1. The summed E-state index contributed by atoms with van der Waals surface area (Å²) < 4.78 is 40.7. The monoisotopic (exact) mass is 421 g/mol. The van der Waals surface area contributed by atoms with Crippen molar-refractivity contribution in [1.82, 2.24) is 9.21 Å². The molecule has 0 aromatic heterocycles. The standard InChI is InChI=1S/C19H20FN3O5S/c1-13-3-5-15(20)11-17(13)19(24)21-7-9-22(10-8-21)29(27,28)18-12-16(23(25)26)6-4-14(18)2/h3-6,11-12H,7-10H2,1-2H3. The van der Waals surface area contributed by atoms with Gasteiger partial charge in [-0.3, -0.25) is 14.9 Å². The number of carbonyl (C=O) groups excluding carboxylic acids is 1. The van der Waals surface area contributed by atoms with Crippen LogP contribution in [0.25, 0.3) is 0 Å². The van der Waals surface area contributed by atoms with Crippen molar-refractivity contribution in [2.45, 2.75) is 18.7 Å². The molecule has 154 valence electrons. The zero-order valence-electron chi connectivity index (χ0n) is 16.0. The Hall–Kier alpha value is -2.85. The first-order chi connectivity index (χ1) is 13.6. The fourth-order valence-corrected chi connectivity index (χ4v) is 4.91. The van der Waals surface area contributed by atoms with Gasteiger partial charge in [-0.1, -0.05) is 12.1 Å². The SMILES string of the molecule is Cc1ccc(F)cc1C(=O)N1CCN(S(=O)(=O)c2cc([N+](=O)[O-])ccc2C)CC1. The summed E-state index contributed by atoms with van der Waals surface area (Å²) in [4.78, 5) is 24.4. The summed E-state index contributed by atoms with van der Waals surface area (Å²) in [5, 5.41) is 11.0.